The highest BCUT2D eigenvalue weighted by molar-refractivity contribution is 5.87. The predicted octanol–water partition coefficient (Wildman–Crippen LogP) is 3.59. The summed E-state index contributed by atoms with van der Waals surface area (Å²) >= 11 is 0. The average molecular weight is 197 g/mol. The van der Waals surface area contributed by atoms with Crippen LogP contribution in [0, 0.1) is 4.91 Å². The van der Waals surface area contributed by atoms with Crippen LogP contribution in [-0.4, -0.2) is 0 Å². The van der Waals surface area contributed by atoms with E-state index in [4.69, 9.17) is 0 Å². The molecule has 1 aliphatic rings. The van der Waals surface area contributed by atoms with Crippen LogP contribution in [0.25, 0.3) is 10.8 Å². The van der Waals surface area contributed by atoms with Crippen LogP contribution in [0.15, 0.2) is 41.6 Å². The lowest BCUT2D eigenvalue weighted by molar-refractivity contribution is 0.710. The van der Waals surface area contributed by atoms with Gasteiger partial charge in [0.1, 0.15) is 6.04 Å². The Balaban J connectivity index is 2.32. The number of aryl methyl sites for hydroxylation is 1. The van der Waals surface area contributed by atoms with Gasteiger partial charge < -0.3 is 0 Å². The third kappa shape index (κ3) is 1.18. The van der Waals surface area contributed by atoms with Gasteiger partial charge in [-0.15, -0.1) is 0 Å². The molecule has 1 atom stereocenters. The van der Waals surface area contributed by atoms with Gasteiger partial charge in [0.15, 0.2) is 0 Å². The summed E-state index contributed by atoms with van der Waals surface area (Å²) in [4.78, 5) is 10.7. The summed E-state index contributed by atoms with van der Waals surface area (Å²) in [6.45, 7) is 0. The number of hydrogen-bond acceptors (Lipinski definition) is 2. The van der Waals surface area contributed by atoms with E-state index in [1.165, 1.54) is 16.3 Å². The van der Waals surface area contributed by atoms with E-state index in [9.17, 15) is 4.91 Å². The molecular weight excluding hydrogens is 186 g/mol. The summed E-state index contributed by atoms with van der Waals surface area (Å²) in [6.07, 6.45) is 1.85. The van der Waals surface area contributed by atoms with E-state index in [1.807, 2.05) is 12.1 Å². The van der Waals surface area contributed by atoms with E-state index in [0.717, 1.165) is 18.4 Å². The van der Waals surface area contributed by atoms with Crippen LogP contribution >= 0.6 is 0 Å². The molecule has 0 heterocycles. The van der Waals surface area contributed by atoms with Crippen molar-refractivity contribution in [2.24, 2.45) is 5.18 Å². The van der Waals surface area contributed by atoms with Crippen LogP contribution in [0.3, 0.4) is 0 Å². The van der Waals surface area contributed by atoms with Gasteiger partial charge in [-0.05, 0) is 34.7 Å². The van der Waals surface area contributed by atoms with Gasteiger partial charge in [-0.25, -0.2) is 0 Å². The zero-order chi connectivity index (χ0) is 10.3. The molecule has 0 radical (unpaired) electrons. The summed E-state index contributed by atoms with van der Waals surface area (Å²) < 4.78 is 0. The number of benzene rings is 2. The van der Waals surface area contributed by atoms with E-state index in [2.05, 4.69) is 29.4 Å². The number of fused-ring (bicyclic) bond motifs is 3. The minimum absolute atomic E-state index is 0.121. The predicted molar refractivity (Wildman–Crippen MR) is 60.8 cm³/mol. The SMILES string of the molecule is O=NC1CCc2c1ccc1ccccc21. The molecule has 0 amide bonds. The molecule has 0 bridgehead atoms. The van der Waals surface area contributed by atoms with Gasteiger partial charge in [0.2, 0.25) is 0 Å². The summed E-state index contributed by atoms with van der Waals surface area (Å²) in [5, 5.41) is 5.72. The first-order valence-electron chi connectivity index (χ1n) is 5.23. The summed E-state index contributed by atoms with van der Waals surface area (Å²) in [7, 11) is 0. The van der Waals surface area contributed by atoms with Gasteiger partial charge in [-0.2, -0.15) is 4.91 Å². The van der Waals surface area contributed by atoms with Gasteiger partial charge in [0, 0.05) is 0 Å². The highest BCUT2D eigenvalue weighted by Gasteiger charge is 2.24. The van der Waals surface area contributed by atoms with Crippen LogP contribution in [0.1, 0.15) is 23.6 Å². The maximum atomic E-state index is 10.7. The normalized spacial score (nSPS) is 19.1. The second-order valence-corrected chi connectivity index (χ2v) is 4.01. The van der Waals surface area contributed by atoms with Crippen LogP contribution in [0.2, 0.25) is 0 Å². The van der Waals surface area contributed by atoms with E-state index in [-0.39, 0.29) is 6.04 Å². The van der Waals surface area contributed by atoms with Crippen molar-refractivity contribution < 1.29 is 0 Å². The number of nitroso groups, excluding NO2 is 1. The van der Waals surface area contributed by atoms with Gasteiger partial charge in [0.25, 0.3) is 0 Å². The number of hydrogen-bond donors (Lipinski definition) is 0. The van der Waals surface area contributed by atoms with Crippen molar-refractivity contribution in [3.63, 3.8) is 0 Å². The van der Waals surface area contributed by atoms with Gasteiger partial charge in [-0.3, -0.25) is 0 Å². The molecule has 0 saturated heterocycles. The fourth-order valence-electron chi connectivity index (χ4n) is 2.49. The Bertz CT molecular complexity index is 533. The van der Waals surface area contributed by atoms with E-state index in [0.29, 0.717) is 0 Å². The first-order chi connectivity index (χ1) is 7.40. The van der Waals surface area contributed by atoms with Crippen LogP contribution < -0.4 is 0 Å². The Morgan fingerprint density at radius 3 is 2.87 bits per heavy atom. The Morgan fingerprint density at radius 1 is 1.13 bits per heavy atom. The lowest BCUT2D eigenvalue weighted by Gasteiger charge is -2.05. The summed E-state index contributed by atoms with van der Waals surface area (Å²) in [5.41, 5.74) is 2.45. The van der Waals surface area contributed by atoms with Crippen molar-refractivity contribution in [2.75, 3.05) is 0 Å². The average Bonchev–Trinajstić information content (AvgIpc) is 2.72. The second kappa shape index (κ2) is 3.16. The highest BCUT2D eigenvalue weighted by Crippen LogP contribution is 2.37. The van der Waals surface area contributed by atoms with Crippen molar-refractivity contribution in [1.82, 2.24) is 0 Å². The molecule has 2 aromatic carbocycles. The maximum absolute atomic E-state index is 10.7. The molecule has 0 spiro atoms. The zero-order valence-electron chi connectivity index (χ0n) is 8.31. The van der Waals surface area contributed by atoms with E-state index < -0.39 is 0 Å². The summed E-state index contributed by atoms with van der Waals surface area (Å²) in [5.74, 6) is 0. The molecule has 0 aromatic heterocycles. The quantitative estimate of drug-likeness (QED) is 0.642. The first kappa shape index (κ1) is 8.60. The van der Waals surface area contributed by atoms with Crippen molar-refractivity contribution in [1.29, 1.82) is 0 Å². The molecule has 3 rings (SSSR count). The maximum Gasteiger partial charge on any atom is 0.117 e. The molecule has 2 heteroatoms. The van der Waals surface area contributed by atoms with E-state index in [1.54, 1.807) is 0 Å². The van der Waals surface area contributed by atoms with Crippen molar-refractivity contribution >= 4 is 10.8 Å². The standard InChI is InChI=1S/C13H11NO/c15-14-13-8-7-11-10-4-2-1-3-9(10)5-6-12(11)13/h1-6,13H,7-8H2. The topological polar surface area (TPSA) is 29.4 Å². The fraction of sp³-hybridized carbons (Fsp3) is 0.231. The van der Waals surface area contributed by atoms with Gasteiger partial charge >= 0.3 is 0 Å². The molecule has 0 fully saturated rings. The zero-order valence-corrected chi connectivity index (χ0v) is 8.31. The minimum Gasteiger partial charge on any atom is -0.150 e. The van der Waals surface area contributed by atoms with Gasteiger partial charge in [-0.1, -0.05) is 41.6 Å². The molecule has 0 N–H and O–H groups in total. The summed E-state index contributed by atoms with van der Waals surface area (Å²) in [6, 6.07) is 12.3. The number of rotatable bonds is 1. The third-order valence-electron chi connectivity index (χ3n) is 3.23. The van der Waals surface area contributed by atoms with Gasteiger partial charge in [0.05, 0.1) is 0 Å². The lowest BCUT2D eigenvalue weighted by Crippen LogP contribution is -1.88. The van der Waals surface area contributed by atoms with Crippen molar-refractivity contribution in [2.45, 2.75) is 18.9 Å². The molecular formula is C13H11NO. The molecule has 0 aliphatic heterocycles. The monoisotopic (exact) mass is 197 g/mol. The Morgan fingerprint density at radius 2 is 2.00 bits per heavy atom. The minimum atomic E-state index is -0.121. The highest BCUT2D eigenvalue weighted by atomic mass is 16.3. The number of nitrogens with zero attached hydrogens (tertiary/aromatic N) is 1. The third-order valence-corrected chi connectivity index (χ3v) is 3.23. The van der Waals surface area contributed by atoms with E-state index >= 15 is 0 Å². The molecule has 1 unspecified atom stereocenters. The smallest absolute Gasteiger partial charge is 0.117 e. The molecule has 1 aliphatic carbocycles. The molecule has 15 heavy (non-hydrogen) atoms. The molecule has 74 valence electrons. The van der Waals surface area contributed by atoms with Crippen molar-refractivity contribution in [3.8, 4) is 0 Å². The van der Waals surface area contributed by atoms with Crippen LogP contribution in [0.4, 0.5) is 0 Å². The Labute approximate surface area is 87.9 Å². The first-order valence-corrected chi connectivity index (χ1v) is 5.23. The molecule has 2 aromatic rings. The van der Waals surface area contributed by atoms with Crippen molar-refractivity contribution in [3.05, 3.63) is 52.4 Å². The second-order valence-electron chi connectivity index (χ2n) is 4.01. The Hall–Kier alpha value is -1.70. The molecule has 0 saturated carbocycles. The fourth-order valence-corrected chi connectivity index (χ4v) is 2.49. The molecule has 2 nitrogen and oxygen atoms in total. The largest absolute Gasteiger partial charge is 0.150 e. The van der Waals surface area contributed by atoms with Crippen LogP contribution in [-0.2, 0) is 6.42 Å². The van der Waals surface area contributed by atoms with Crippen LogP contribution in [0.5, 0.6) is 0 Å². The lowest BCUT2D eigenvalue weighted by atomic mass is 10.0. The Kier molecular flexibility index (Phi) is 1.81.